The second kappa shape index (κ2) is 5.41. The number of nitrogens with zero attached hydrogens (tertiary/aromatic N) is 2. The molecule has 1 aromatic heterocycles. The van der Waals surface area contributed by atoms with E-state index in [1.54, 1.807) is 0 Å². The molecule has 0 bridgehead atoms. The van der Waals surface area contributed by atoms with Gasteiger partial charge in [-0.25, -0.2) is 4.98 Å². The zero-order chi connectivity index (χ0) is 15.0. The molecule has 0 radical (unpaired) electrons. The van der Waals surface area contributed by atoms with E-state index >= 15 is 0 Å². The Labute approximate surface area is 129 Å². The topological polar surface area (TPSA) is 43.8 Å². The zero-order valence-electron chi connectivity index (χ0n) is 12.2. The van der Waals surface area contributed by atoms with E-state index in [-0.39, 0.29) is 0 Å². The third kappa shape index (κ3) is 2.38. The Morgan fingerprint density at radius 1 is 1.24 bits per heavy atom. The number of halogens is 1. The van der Waals surface area contributed by atoms with Gasteiger partial charge in [0.2, 0.25) is 0 Å². The number of nitrogens with two attached hydrogens (primary N) is 1. The molecule has 21 heavy (non-hydrogen) atoms. The van der Waals surface area contributed by atoms with Gasteiger partial charge in [0.15, 0.2) is 0 Å². The summed E-state index contributed by atoms with van der Waals surface area (Å²) in [5.41, 5.74) is 11.0. The quantitative estimate of drug-likeness (QED) is 0.715. The molecule has 0 aliphatic rings. The molecule has 3 rings (SSSR count). The molecule has 0 saturated carbocycles. The second-order valence-electron chi connectivity index (χ2n) is 5.24. The smallest absolute Gasteiger partial charge is 0.141 e. The predicted octanol–water partition coefficient (Wildman–Crippen LogP) is 4.66. The summed E-state index contributed by atoms with van der Waals surface area (Å²) in [7, 11) is 0. The molecule has 108 valence electrons. The Hall–Kier alpha value is -2.00. The lowest BCUT2D eigenvalue weighted by molar-refractivity contribution is 0.704. The number of hydrogen-bond donors (Lipinski definition) is 1. The van der Waals surface area contributed by atoms with E-state index in [9.17, 15) is 0 Å². The molecular formula is C17H18ClN3. The highest BCUT2D eigenvalue weighted by atomic mass is 35.5. The van der Waals surface area contributed by atoms with E-state index in [2.05, 4.69) is 17.6 Å². The summed E-state index contributed by atoms with van der Waals surface area (Å²) in [6.07, 6.45) is 1.04. The molecular weight excluding hydrogens is 282 g/mol. The van der Waals surface area contributed by atoms with Gasteiger partial charge in [-0.05, 0) is 43.2 Å². The van der Waals surface area contributed by atoms with Gasteiger partial charge < -0.3 is 10.3 Å². The van der Waals surface area contributed by atoms with Crippen molar-refractivity contribution < 1.29 is 0 Å². The fraction of sp³-hybridized carbons (Fsp3) is 0.235. The molecule has 0 aliphatic heterocycles. The summed E-state index contributed by atoms with van der Waals surface area (Å²) in [6.45, 7) is 5.12. The molecule has 4 heteroatoms. The molecule has 0 saturated heterocycles. The Balaban J connectivity index is 2.30. The van der Waals surface area contributed by atoms with Crippen molar-refractivity contribution in [2.45, 2.75) is 26.8 Å². The van der Waals surface area contributed by atoms with Crippen LogP contribution in [0.3, 0.4) is 0 Å². The first-order chi connectivity index (χ1) is 10.1. The van der Waals surface area contributed by atoms with Gasteiger partial charge in [-0.2, -0.15) is 0 Å². The number of hydrogen-bond acceptors (Lipinski definition) is 2. The van der Waals surface area contributed by atoms with Gasteiger partial charge in [0.25, 0.3) is 0 Å². The highest BCUT2D eigenvalue weighted by Gasteiger charge is 2.14. The van der Waals surface area contributed by atoms with Gasteiger partial charge >= 0.3 is 0 Å². The first-order valence-electron chi connectivity index (χ1n) is 7.13. The number of fused-ring (bicyclic) bond motifs is 1. The lowest BCUT2D eigenvalue weighted by atomic mass is 10.1. The Morgan fingerprint density at radius 3 is 2.81 bits per heavy atom. The highest BCUT2D eigenvalue weighted by molar-refractivity contribution is 6.31. The van der Waals surface area contributed by atoms with E-state index in [1.807, 2.05) is 37.3 Å². The molecule has 2 aromatic carbocycles. The van der Waals surface area contributed by atoms with Crippen molar-refractivity contribution in [3.05, 3.63) is 47.0 Å². The number of benzene rings is 2. The maximum atomic E-state index is 6.09. The first kappa shape index (κ1) is 14.0. The zero-order valence-corrected chi connectivity index (χ0v) is 13.0. The molecule has 3 nitrogen and oxygen atoms in total. The van der Waals surface area contributed by atoms with Gasteiger partial charge in [0, 0.05) is 22.8 Å². The summed E-state index contributed by atoms with van der Waals surface area (Å²) >= 11 is 6.09. The van der Waals surface area contributed by atoms with Crippen molar-refractivity contribution in [3.63, 3.8) is 0 Å². The van der Waals surface area contributed by atoms with Crippen LogP contribution in [0.4, 0.5) is 5.69 Å². The van der Waals surface area contributed by atoms with E-state index in [0.717, 1.165) is 46.6 Å². The summed E-state index contributed by atoms with van der Waals surface area (Å²) in [5, 5.41) is 0.708. The van der Waals surface area contributed by atoms with E-state index in [4.69, 9.17) is 22.3 Å². The first-order valence-corrected chi connectivity index (χ1v) is 7.51. The standard InChI is InChI=1S/C17H18ClN3/c1-3-9-21-16-8-7-12(18)10-15(16)20-17(21)13-5-4-6-14(19)11(13)2/h4-8,10H,3,9,19H2,1-2H3. The molecule has 0 unspecified atom stereocenters. The minimum Gasteiger partial charge on any atom is -0.398 e. The van der Waals surface area contributed by atoms with Gasteiger partial charge in [-0.3, -0.25) is 0 Å². The van der Waals surface area contributed by atoms with Crippen LogP contribution < -0.4 is 5.73 Å². The monoisotopic (exact) mass is 299 g/mol. The normalized spacial score (nSPS) is 11.2. The number of aryl methyl sites for hydroxylation is 1. The SMILES string of the molecule is CCCn1c(-c2cccc(N)c2C)nc2cc(Cl)ccc21. The van der Waals surface area contributed by atoms with Crippen molar-refractivity contribution in [1.29, 1.82) is 0 Å². The van der Waals surface area contributed by atoms with E-state index < -0.39 is 0 Å². The number of imidazole rings is 1. The lowest BCUT2D eigenvalue weighted by Gasteiger charge is -2.11. The number of rotatable bonds is 3. The molecule has 0 atom stereocenters. The van der Waals surface area contributed by atoms with Gasteiger partial charge in [0.05, 0.1) is 11.0 Å². The van der Waals surface area contributed by atoms with Crippen LogP contribution >= 0.6 is 11.6 Å². The summed E-state index contributed by atoms with van der Waals surface area (Å²) in [6, 6.07) is 11.8. The largest absolute Gasteiger partial charge is 0.398 e. The molecule has 2 N–H and O–H groups in total. The maximum Gasteiger partial charge on any atom is 0.141 e. The van der Waals surface area contributed by atoms with Gasteiger partial charge in [-0.15, -0.1) is 0 Å². The van der Waals surface area contributed by atoms with Crippen LogP contribution in [0.15, 0.2) is 36.4 Å². The van der Waals surface area contributed by atoms with Crippen molar-refractivity contribution in [2.75, 3.05) is 5.73 Å². The average Bonchev–Trinajstić information content (AvgIpc) is 2.80. The maximum absolute atomic E-state index is 6.09. The van der Waals surface area contributed by atoms with Crippen LogP contribution in [0.5, 0.6) is 0 Å². The minimum atomic E-state index is 0.708. The van der Waals surface area contributed by atoms with Crippen molar-refractivity contribution in [1.82, 2.24) is 9.55 Å². The van der Waals surface area contributed by atoms with Crippen molar-refractivity contribution in [3.8, 4) is 11.4 Å². The average molecular weight is 300 g/mol. The fourth-order valence-corrected chi connectivity index (χ4v) is 2.82. The van der Waals surface area contributed by atoms with Crippen molar-refractivity contribution in [2.24, 2.45) is 0 Å². The third-order valence-electron chi connectivity index (χ3n) is 3.77. The highest BCUT2D eigenvalue weighted by Crippen LogP contribution is 2.30. The van der Waals surface area contributed by atoms with Gasteiger partial charge in [0.1, 0.15) is 5.82 Å². The van der Waals surface area contributed by atoms with Crippen LogP contribution in [0, 0.1) is 6.92 Å². The molecule has 0 spiro atoms. The molecule has 3 aromatic rings. The van der Waals surface area contributed by atoms with Crippen LogP contribution in [0.2, 0.25) is 5.02 Å². The second-order valence-corrected chi connectivity index (χ2v) is 5.68. The van der Waals surface area contributed by atoms with E-state index in [1.165, 1.54) is 0 Å². The Kier molecular flexibility index (Phi) is 3.60. The van der Waals surface area contributed by atoms with Crippen molar-refractivity contribution >= 4 is 28.3 Å². The summed E-state index contributed by atoms with van der Waals surface area (Å²) < 4.78 is 2.24. The number of anilines is 1. The minimum absolute atomic E-state index is 0.708. The van der Waals surface area contributed by atoms with Crippen LogP contribution in [-0.2, 0) is 6.54 Å². The van der Waals surface area contributed by atoms with Crippen LogP contribution in [0.25, 0.3) is 22.4 Å². The summed E-state index contributed by atoms with van der Waals surface area (Å²) in [5.74, 6) is 0.957. The number of nitrogen functional groups attached to an aromatic ring is 1. The van der Waals surface area contributed by atoms with Gasteiger partial charge in [-0.1, -0.05) is 30.7 Å². The molecule has 0 fully saturated rings. The van der Waals surface area contributed by atoms with Crippen LogP contribution in [0.1, 0.15) is 18.9 Å². The predicted molar refractivity (Wildman–Crippen MR) is 89.6 cm³/mol. The molecule has 0 amide bonds. The molecule has 1 heterocycles. The lowest BCUT2D eigenvalue weighted by Crippen LogP contribution is -2.02. The van der Waals surface area contributed by atoms with E-state index in [0.29, 0.717) is 5.02 Å². The Bertz CT molecular complexity index is 805. The fourth-order valence-electron chi connectivity index (χ4n) is 2.65. The number of aromatic nitrogens is 2. The Morgan fingerprint density at radius 2 is 2.05 bits per heavy atom. The molecule has 0 aliphatic carbocycles. The summed E-state index contributed by atoms with van der Waals surface area (Å²) in [4.78, 5) is 4.79. The third-order valence-corrected chi connectivity index (χ3v) is 4.01. The van der Waals surface area contributed by atoms with Crippen LogP contribution in [-0.4, -0.2) is 9.55 Å².